The van der Waals surface area contributed by atoms with E-state index in [1.165, 1.54) is 0 Å². The topological polar surface area (TPSA) is 81.1 Å². The number of rotatable bonds is 3. The van der Waals surface area contributed by atoms with E-state index in [1.807, 2.05) is 66.6 Å². The van der Waals surface area contributed by atoms with E-state index < -0.39 is 0 Å². The predicted octanol–water partition coefficient (Wildman–Crippen LogP) is 3.02. The summed E-state index contributed by atoms with van der Waals surface area (Å²) in [7, 11) is 1.88. The van der Waals surface area contributed by atoms with Gasteiger partial charge in [-0.05, 0) is 25.1 Å². The van der Waals surface area contributed by atoms with Gasteiger partial charge in [0.05, 0.1) is 23.1 Å². The van der Waals surface area contributed by atoms with E-state index >= 15 is 0 Å². The fourth-order valence-electron chi connectivity index (χ4n) is 2.72. The molecule has 0 radical (unpaired) electrons. The van der Waals surface area contributed by atoms with Crippen LogP contribution < -0.4 is 0 Å². The molecule has 4 aromatic rings. The standard InChI is InChI=1S/C18H16N6O/c1-12(22-25)15-4-3-5-16(20-15)13-6-7-14-11-19-24(17(14)10-13)18-8-9-23(2)21-18/h3-11,25H,1-2H3/b22-12-. The number of aromatic nitrogens is 5. The molecule has 1 N–H and O–H groups in total. The summed E-state index contributed by atoms with van der Waals surface area (Å²) in [4.78, 5) is 4.57. The number of aryl methyl sites for hydroxylation is 1. The first-order valence-corrected chi connectivity index (χ1v) is 7.80. The van der Waals surface area contributed by atoms with E-state index in [0.717, 1.165) is 28.0 Å². The minimum Gasteiger partial charge on any atom is -0.411 e. The van der Waals surface area contributed by atoms with Crippen molar-refractivity contribution < 1.29 is 5.21 Å². The Hall–Kier alpha value is -3.48. The Balaban J connectivity index is 1.84. The fourth-order valence-corrected chi connectivity index (χ4v) is 2.72. The van der Waals surface area contributed by atoms with Gasteiger partial charge in [0, 0.05) is 30.3 Å². The zero-order chi connectivity index (χ0) is 17.4. The Morgan fingerprint density at radius 2 is 2.04 bits per heavy atom. The van der Waals surface area contributed by atoms with Crippen molar-refractivity contribution in [3.05, 3.63) is 60.6 Å². The van der Waals surface area contributed by atoms with Crippen LogP contribution in [0.25, 0.3) is 28.0 Å². The quantitative estimate of drug-likeness (QED) is 0.355. The van der Waals surface area contributed by atoms with Crippen molar-refractivity contribution in [1.29, 1.82) is 0 Å². The average molecular weight is 332 g/mol. The molecule has 0 spiro atoms. The van der Waals surface area contributed by atoms with Gasteiger partial charge in [0.2, 0.25) is 0 Å². The van der Waals surface area contributed by atoms with E-state index in [4.69, 9.17) is 5.21 Å². The van der Waals surface area contributed by atoms with Crippen LogP contribution in [0.5, 0.6) is 0 Å². The Bertz CT molecular complexity index is 1090. The fraction of sp³-hybridized carbons (Fsp3) is 0.111. The molecule has 4 rings (SSSR count). The van der Waals surface area contributed by atoms with Gasteiger partial charge in [-0.15, -0.1) is 0 Å². The average Bonchev–Trinajstić information content (AvgIpc) is 3.26. The Kier molecular flexibility index (Phi) is 3.53. The molecule has 0 saturated heterocycles. The summed E-state index contributed by atoms with van der Waals surface area (Å²) in [6.07, 6.45) is 3.70. The van der Waals surface area contributed by atoms with Crippen molar-refractivity contribution in [2.24, 2.45) is 12.2 Å². The second-order valence-corrected chi connectivity index (χ2v) is 5.77. The van der Waals surface area contributed by atoms with Crippen LogP contribution in [0.1, 0.15) is 12.6 Å². The molecule has 3 heterocycles. The Labute approximate surface area is 143 Å². The lowest BCUT2D eigenvalue weighted by Gasteiger charge is -2.05. The number of hydrogen-bond donors (Lipinski definition) is 1. The number of nitrogens with zero attached hydrogens (tertiary/aromatic N) is 6. The molecule has 7 nitrogen and oxygen atoms in total. The SMILES string of the molecule is C/C(=N/O)c1cccc(-c2ccc3cnn(-c4ccn(C)n4)c3c2)n1. The van der Waals surface area contributed by atoms with Crippen molar-refractivity contribution in [1.82, 2.24) is 24.5 Å². The third-order valence-electron chi connectivity index (χ3n) is 4.05. The largest absolute Gasteiger partial charge is 0.411 e. The number of hydrogen-bond acceptors (Lipinski definition) is 5. The van der Waals surface area contributed by atoms with Crippen LogP contribution in [-0.4, -0.2) is 35.5 Å². The van der Waals surface area contributed by atoms with Crippen molar-refractivity contribution in [3.63, 3.8) is 0 Å². The second-order valence-electron chi connectivity index (χ2n) is 5.77. The van der Waals surface area contributed by atoms with Gasteiger partial charge in [-0.3, -0.25) is 4.68 Å². The molecule has 0 aliphatic rings. The molecule has 1 aromatic carbocycles. The molecule has 124 valence electrons. The molecule has 0 fully saturated rings. The first-order valence-electron chi connectivity index (χ1n) is 7.80. The molecular formula is C18H16N6O. The highest BCUT2D eigenvalue weighted by atomic mass is 16.4. The van der Waals surface area contributed by atoms with Gasteiger partial charge < -0.3 is 5.21 Å². The molecule has 7 heteroatoms. The van der Waals surface area contributed by atoms with Gasteiger partial charge in [-0.25, -0.2) is 9.67 Å². The van der Waals surface area contributed by atoms with E-state index in [0.29, 0.717) is 11.4 Å². The van der Waals surface area contributed by atoms with Gasteiger partial charge in [0.15, 0.2) is 5.82 Å². The van der Waals surface area contributed by atoms with Crippen LogP contribution in [0.15, 0.2) is 60.0 Å². The van der Waals surface area contributed by atoms with Crippen LogP contribution >= 0.6 is 0 Å². The predicted molar refractivity (Wildman–Crippen MR) is 95.1 cm³/mol. The first kappa shape index (κ1) is 15.1. The van der Waals surface area contributed by atoms with Gasteiger partial charge in [-0.1, -0.05) is 23.4 Å². The van der Waals surface area contributed by atoms with Gasteiger partial charge >= 0.3 is 0 Å². The van der Waals surface area contributed by atoms with Gasteiger partial charge in [-0.2, -0.15) is 10.2 Å². The Morgan fingerprint density at radius 3 is 2.80 bits per heavy atom. The van der Waals surface area contributed by atoms with Crippen LogP contribution in [0, 0.1) is 0 Å². The third kappa shape index (κ3) is 2.65. The number of fused-ring (bicyclic) bond motifs is 1. The summed E-state index contributed by atoms with van der Waals surface area (Å²) in [5.41, 5.74) is 3.82. The lowest BCUT2D eigenvalue weighted by molar-refractivity contribution is 0.319. The molecule has 0 aliphatic heterocycles. The monoisotopic (exact) mass is 332 g/mol. The van der Waals surface area contributed by atoms with Crippen molar-refractivity contribution in [2.75, 3.05) is 0 Å². The molecule has 0 atom stereocenters. The number of pyridine rings is 1. The second kappa shape index (κ2) is 5.86. The van der Waals surface area contributed by atoms with Crippen LogP contribution in [0.2, 0.25) is 0 Å². The maximum absolute atomic E-state index is 8.96. The minimum absolute atomic E-state index is 0.474. The van der Waals surface area contributed by atoms with Crippen LogP contribution in [-0.2, 0) is 7.05 Å². The maximum Gasteiger partial charge on any atom is 0.175 e. The summed E-state index contributed by atoms with van der Waals surface area (Å²) in [6, 6.07) is 13.6. The lowest BCUT2D eigenvalue weighted by atomic mass is 10.1. The van der Waals surface area contributed by atoms with Crippen LogP contribution in [0.3, 0.4) is 0 Å². The molecule has 0 amide bonds. The summed E-state index contributed by atoms with van der Waals surface area (Å²) < 4.78 is 3.55. The van der Waals surface area contributed by atoms with E-state index in [9.17, 15) is 0 Å². The Morgan fingerprint density at radius 1 is 1.16 bits per heavy atom. The number of benzene rings is 1. The smallest absolute Gasteiger partial charge is 0.175 e. The minimum atomic E-state index is 0.474. The van der Waals surface area contributed by atoms with Crippen molar-refractivity contribution >= 4 is 16.6 Å². The van der Waals surface area contributed by atoms with Gasteiger partial charge in [0.25, 0.3) is 0 Å². The molecule has 0 bridgehead atoms. The van der Waals surface area contributed by atoms with E-state index in [1.54, 1.807) is 11.6 Å². The number of oxime groups is 1. The summed E-state index contributed by atoms with van der Waals surface area (Å²) in [5.74, 6) is 0.764. The molecule has 0 unspecified atom stereocenters. The highest BCUT2D eigenvalue weighted by Gasteiger charge is 2.10. The summed E-state index contributed by atoms with van der Waals surface area (Å²) in [6.45, 7) is 1.71. The van der Waals surface area contributed by atoms with E-state index in [-0.39, 0.29) is 0 Å². The van der Waals surface area contributed by atoms with Crippen molar-refractivity contribution in [2.45, 2.75) is 6.92 Å². The summed E-state index contributed by atoms with van der Waals surface area (Å²) in [5, 5.41) is 22.1. The zero-order valence-electron chi connectivity index (χ0n) is 13.8. The molecule has 25 heavy (non-hydrogen) atoms. The highest BCUT2D eigenvalue weighted by molar-refractivity contribution is 5.97. The highest BCUT2D eigenvalue weighted by Crippen LogP contribution is 2.25. The molecule has 0 aliphatic carbocycles. The van der Waals surface area contributed by atoms with Crippen LogP contribution in [0.4, 0.5) is 0 Å². The normalized spacial score (nSPS) is 12.0. The lowest BCUT2D eigenvalue weighted by Crippen LogP contribution is -2.00. The molecular weight excluding hydrogens is 316 g/mol. The van der Waals surface area contributed by atoms with E-state index in [2.05, 4.69) is 20.3 Å². The zero-order valence-corrected chi connectivity index (χ0v) is 13.8. The molecule has 0 saturated carbocycles. The summed E-state index contributed by atoms with van der Waals surface area (Å²) >= 11 is 0. The first-order chi connectivity index (χ1) is 12.2. The van der Waals surface area contributed by atoms with Crippen molar-refractivity contribution in [3.8, 4) is 17.1 Å². The maximum atomic E-state index is 8.96. The van der Waals surface area contributed by atoms with Gasteiger partial charge in [0.1, 0.15) is 5.71 Å². The third-order valence-corrected chi connectivity index (χ3v) is 4.05. The molecule has 3 aromatic heterocycles.